The molecule has 0 heterocycles. The van der Waals surface area contributed by atoms with Crippen molar-refractivity contribution < 1.29 is 0 Å². The summed E-state index contributed by atoms with van der Waals surface area (Å²) in [4.78, 5) is 2.83. The first kappa shape index (κ1) is 10.9. The second-order valence-electron chi connectivity index (χ2n) is 2.93. The molecule has 0 aromatic heterocycles. The van der Waals surface area contributed by atoms with Crippen molar-refractivity contribution in [1.82, 2.24) is 0 Å². The molecule has 0 N–H and O–H groups in total. The zero-order valence-corrected chi connectivity index (χ0v) is 9.04. The monoisotopic (exact) mass is 209 g/mol. The summed E-state index contributed by atoms with van der Waals surface area (Å²) in [5, 5.41) is 4.38. The molecule has 0 saturated carbocycles. The molecule has 0 aliphatic heterocycles. The summed E-state index contributed by atoms with van der Waals surface area (Å²) in [6.45, 7) is 4.02. The number of benzene rings is 1. The van der Waals surface area contributed by atoms with E-state index >= 15 is 0 Å². The number of aryl methyl sites for hydroxylation is 1. The number of nitrogens with zero attached hydrogens (tertiary/aromatic N) is 3. The maximum absolute atomic E-state index is 8.47. The Labute approximate surface area is 88.3 Å². The van der Waals surface area contributed by atoms with Crippen LogP contribution in [0.3, 0.4) is 0 Å². The van der Waals surface area contributed by atoms with Crippen molar-refractivity contribution in [2.75, 3.05) is 0 Å². The molecule has 1 rings (SSSR count). The summed E-state index contributed by atoms with van der Waals surface area (Å²) in [5.74, 6) is 0. The molecule has 0 bridgehead atoms. The summed E-state index contributed by atoms with van der Waals surface area (Å²) in [6, 6.07) is 3.77. The molecule has 3 nitrogen and oxygen atoms in total. The van der Waals surface area contributed by atoms with Gasteiger partial charge in [0.2, 0.25) is 0 Å². The SMILES string of the molecule is CCc1ccc(Cl)c(CC)c1N=[N+]=[N-]. The minimum Gasteiger partial charge on any atom is -0.0840 e. The van der Waals surface area contributed by atoms with E-state index in [2.05, 4.69) is 10.0 Å². The first-order valence-corrected chi connectivity index (χ1v) is 4.97. The Bertz CT molecular complexity index is 381. The number of hydrogen-bond acceptors (Lipinski definition) is 1. The minimum absolute atomic E-state index is 0.673. The molecule has 0 radical (unpaired) electrons. The Balaban J connectivity index is 3.43. The summed E-state index contributed by atoms with van der Waals surface area (Å²) >= 11 is 6.01. The van der Waals surface area contributed by atoms with Gasteiger partial charge in [-0.25, -0.2) is 0 Å². The normalized spacial score (nSPS) is 9.64. The van der Waals surface area contributed by atoms with Crippen LogP contribution in [0.5, 0.6) is 0 Å². The Kier molecular flexibility index (Phi) is 3.81. The maximum atomic E-state index is 8.47. The van der Waals surface area contributed by atoms with Crippen LogP contribution in [0.4, 0.5) is 5.69 Å². The quantitative estimate of drug-likeness (QED) is 0.402. The lowest BCUT2D eigenvalue weighted by atomic mass is 10.0. The van der Waals surface area contributed by atoms with Gasteiger partial charge in [0, 0.05) is 15.6 Å². The predicted octanol–water partition coefficient (Wildman–Crippen LogP) is 4.41. The van der Waals surface area contributed by atoms with E-state index < -0.39 is 0 Å². The van der Waals surface area contributed by atoms with E-state index in [0.717, 1.165) is 24.0 Å². The summed E-state index contributed by atoms with van der Waals surface area (Å²) < 4.78 is 0. The highest BCUT2D eigenvalue weighted by atomic mass is 35.5. The van der Waals surface area contributed by atoms with Crippen molar-refractivity contribution in [1.29, 1.82) is 0 Å². The zero-order chi connectivity index (χ0) is 10.6. The molecular weight excluding hydrogens is 198 g/mol. The second-order valence-corrected chi connectivity index (χ2v) is 3.34. The molecule has 0 fully saturated rings. The van der Waals surface area contributed by atoms with E-state index in [4.69, 9.17) is 17.1 Å². The molecule has 1 aromatic rings. The fourth-order valence-corrected chi connectivity index (χ4v) is 1.74. The highest BCUT2D eigenvalue weighted by Gasteiger charge is 2.07. The van der Waals surface area contributed by atoms with E-state index in [0.29, 0.717) is 10.7 Å². The third kappa shape index (κ3) is 2.00. The van der Waals surface area contributed by atoms with Gasteiger partial charge < -0.3 is 0 Å². The van der Waals surface area contributed by atoms with E-state index in [1.807, 2.05) is 26.0 Å². The Morgan fingerprint density at radius 2 is 2.07 bits per heavy atom. The number of hydrogen-bond donors (Lipinski definition) is 0. The van der Waals surface area contributed by atoms with E-state index in [9.17, 15) is 0 Å². The summed E-state index contributed by atoms with van der Waals surface area (Å²) in [7, 11) is 0. The highest BCUT2D eigenvalue weighted by molar-refractivity contribution is 6.31. The molecule has 14 heavy (non-hydrogen) atoms. The van der Waals surface area contributed by atoms with Crippen molar-refractivity contribution in [2.45, 2.75) is 26.7 Å². The average Bonchev–Trinajstić information content (AvgIpc) is 2.19. The molecule has 0 aliphatic rings. The Hall–Kier alpha value is -1.18. The van der Waals surface area contributed by atoms with Crippen molar-refractivity contribution >= 4 is 17.3 Å². The summed E-state index contributed by atoms with van der Waals surface area (Å²) in [6.07, 6.45) is 1.62. The van der Waals surface area contributed by atoms with Gasteiger partial charge in [-0.3, -0.25) is 0 Å². The predicted molar refractivity (Wildman–Crippen MR) is 59.0 cm³/mol. The molecule has 0 aliphatic carbocycles. The van der Waals surface area contributed by atoms with Crippen LogP contribution >= 0.6 is 11.6 Å². The molecular formula is C10H12ClN3. The topological polar surface area (TPSA) is 48.8 Å². The smallest absolute Gasteiger partial charge is 0.0454 e. The average molecular weight is 210 g/mol. The Morgan fingerprint density at radius 1 is 1.36 bits per heavy atom. The standard InChI is InChI=1S/C10H12ClN3/c1-3-7-5-6-9(11)8(4-2)10(7)13-14-12/h5-6H,3-4H2,1-2H3. The van der Waals surface area contributed by atoms with Crippen molar-refractivity contribution in [3.63, 3.8) is 0 Å². The van der Waals surface area contributed by atoms with E-state index in [1.54, 1.807) is 0 Å². The fraction of sp³-hybridized carbons (Fsp3) is 0.400. The van der Waals surface area contributed by atoms with Gasteiger partial charge in [0.05, 0.1) is 0 Å². The fourth-order valence-electron chi connectivity index (χ4n) is 1.45. The van der Waals surface area contributed by atoms with Crippen LogP contribution in [0.1, 0.15) is 25.0 Å². The lowest BCUT2D eigenvalue weighted by Gasteiger charge is -2.09. The molecule has 4 heteroatoms. The molecule has 0 spiro atoms. The van der Waals surface area contributed by atoms with Gasteiger partial charge in [-0.05, 0) is 35.6 Å². The van der Waals surface area contributed by atoms with Crippen molar-refractivity contribution in [3.05, 3.63) is 38.7 Å². The zero-order valence-electron chi connectivity index (χ0n) is 8.29. The van der Waals surface area contributed by atoms with E-state index in [-0.39, 0.29) is 0 Å². The lowest BCUT2D eigenvalue weighted by molar-refractivity contribution is 1.08. The highest BCUT2D eigenvalue weighted by Crippen LogP contribution is 2.31. The first-order valence-electron chi connectivity index (χ1n) is 4.59. The van der Waals surface area contributed by atoms with Crippen LogP contribution in [-0.4, -0.2) is 0 Å². The number of azide groups is 1. The minimum atomic E-state index is 0.673. The van der Waals surface area contributed by atoms with Gasteiger partial charge >= 0.3 is 0 Å². The van der Waals surface area contributed by atoms with Crippen LogP contribution in [0.2, 0.25) is 5.02 Å². The molecule has 1 aromatic carbocycles. The van der Waals surface area contributed by atoms with Gasteiger partial charge in [0.1, 0.15) is 0 Å². The van der Waals surface area contributed by atoms with Crippen LogP contribution < -0.4 is 0 Å². The summed E-state index contributed by atoms with van der Waals surface area (Å²) in [5.41, 5.74) is 11.1. The lowest BCUT2D eigenvalue weighted by Crippen LogP contribution is -1.89. The van der Waals surface area contributed by atoms with E-state index in [1.165, 1.54) is 0 Å². The van der Waals surface area contributed by atoms with Gasteiger partial charge in [-0.1, -0.05) is 36.6 Å². The molecule has 0 atom stereocenters. The third-order valence-electron chi connectivity index (χ3n) is 2.19. The second kappa shape index (κ2) is 4.89. The van der Waals surface area contributed by atoms with Gasteiger partial charge in [0.25, 0.3) is 0 Å². The van der Waals surface area contributed by atoms with Gasteiger partial charge in [-0.15, -0.1) is 0 Å². The van der Waals surface area contributed by atoms with Crippen LogP contribution in [0.15, 0.2) is 17.2 Å². The largest absolute Gasteiger partial charge is 0.0840 e. The molecule has 74 valence electrons. The maximum Gasteiger partial charge on any atom is 0.0454 e. The molecule has 0 amide bonds. The molecule has 0 saturated heterocycles. The number of halogens is 1. The van der Waals surface area contributed by atoms with Crippen LogP contribution in [0.25, 0.3) is 10.4 Å². The van der Waals surface area contributed by atoms with Gasteiger partial charge in [-0.2, -0.15) is 0 Å². The van der Waals surface area contributed by atoms with Crippen molar-refractivity contribution in [2.24, 2.45) is 5.11 Å². The van der Waals surface area contributed by atoms with Crippen molar-refractivity contribution in [3.8, 4) is 0 Å². The van der Waals surface area contributed by atoms with Crippen LogP contribution in [-0.2, 0) is 12.8 Å². The molecule has 0 unspecified atom stereocenters. The Morgan fingerprint density at radius 3 is 2.57 bits per heavy atom. The van der Waals surface area contributed by atoms with Gasteiger partial charge in [0.15, 0.2) is 0 Å². The number of rotatable bonds is 3. The third-order valence-corrected chi connectivity index (χ3v) is 2.54. The first-order chi connectivity index (χ1) is 6.74. The van der Waals surface area contributed by atoms with Crippen LogP contribution in [0, 0.1) is 0 Å².